The predicted octanol–water partition coefficient (Wildman–Crippen LogP) is 2.98. The highest BCUT2D eigenvalue weighted by molar-refractivity contribution is 6.42. The molecule has 1 aromatic carbocycles. The van der Waals surface area contributed by atoms with Crippen LogP contribution in [0.5, 0.6) is 0 Å². The van der Waals surface area contributed by atoms with E-state index in [1.165, 1.54) is 6.20 Å². The second-order valence-corrected chi connectivity index (χ2v) is 6.32. The summed E-state index contributed by atoms with van der Waals surface area (Å²) in [7, 11) is 0. The Balaban J connectivity index is 1.75. The van der Waals surface area contributed by atoms with Crippen molar-refractivity contribution in [2.24, 2.45) is 0 Å². The number of pyridine rings is 1. The normalized spacial score (nSPS) is 12.1. The van der Waals surface area contributed by atoms with E-state index in [-0.39, 0.29) is 24.1 Å². The van der Waals surface area contributed by atoms with Gasteiger partial charge in [0.05, 0.1) is 33.2 Å². The van der Waals surface area contributed by atoms with Crippen LogP contribution in [0.1, 0.15) is 18.5 Å². The van der Waals surface area contributed by atoms with Crippen LogP contribution in [0.4, 0.5) is 0 Å². The molecule has 0 saturated heterocycles. The number of carbonyl (C=O) groups excluding carboxylic acids is 1. The largest absolute Gasteiger partial charge is 0.348 e. The third-order valence-corrected chi connectivity index (χ3v) is 4.48. The lowest BCUT2D eigenvalue weighted by Gasteiger charge is -2.15. The first-order chi connectivity index (χ1) is 12.0. The van der Waals surface area contributed by atoms with Gasteiger partial charge < -0.3 is 5.32 Å². The number of hydrogen-bond donors (Lipinski definition) is 1. The molecule has 1 amide bonds. The minimum atomic E-state index is -0.358. The fraction of sp³-hybridized carbons (Fsp3) is 0.176. The van der Waals surface area contributed by atoms with Crippen LogP contribution in [0.3, 0.4) is 0 Å². The monoisotopic (exact) mass is 376 g/mol. The summed E-state index contributed by atoms with van der Waals surface area (Å²) < 4.78 is 1.11. The Bertz CT molecular complexity index is 1000. The van der Waals surface area contributed by atoms with Gasteiger partial charge in [0.25, 0.3) is 5.56 Å². The van der Waals surface area contributed by atoms with Crippen LogP contribution in [0.25, 0.3) is 10.9 Å². The van der Waals surface area contributed by atoms with E-state index >= 15 is 0 Å². The first-order valence-corrected chi connectivity index (χ1v) is 8.26. The SMILES string of the molecule is C[C@H](NC(=O)Cn1ncc2ncccc2c1=O)c1ccc(Cl)c(Cl)c1. The van der Waals surface area contributed by atoms with Gasteiger partial charge in [-0.25, -0.2) is 4.68 Å². The zero-order chi connectivity index (χ0) is 18.0. The Kier molecular flexibility index (Phi) is 5.01. The summed E-state index contributed by atoms with van der Waals surface area (Å²) in [6.45, 7) is 1.63. The minimum Gasteiger partial charge on any atom is -0.348 e. The van der Waals surface area contributed by atoms with Crippen molar-refractivity contribution >= 4 is 40.0 Å². The number of carbonyl (C=O) groups is 1. The molecular weight excluding hydrogens is 363 g/mol. The molecule has 0 unspecified atom stereocenters. The number of rotatable bonds is 4. The van der Waals surface area contributed by atoms with Crippen LogP contribution in [0.2, 0.25) is 10.0 Å². The molecule has 2 aromatic heterocycles. The number of aromatic nitrogens is 3. The average Bonchev–Trinajstić information content (AvgIpc) is 2.60. The van der Waals surface area contributed by atoms with Crippen LogP contribution in [-0.2, 0) is 11.3 Å². The Labute approximate surface area is 153 Å². The van der Waals surface area contributed by atoms with E-state index in [2.05, 4.69) is 15.4 Å². The molecule has 0 bridgehead atoms. The number of benzene rings is 1. The maximum atomic E-state index is 12.4. The summed E-state index contributed by atoms with van der Waals surface area (Å²) in [6, 6.07) is 8.18. The number of fused-ring (bicyclic) bond motifs is 1. The van der Waals surface area contributed by atoms with E-state index in [0.29, 0.717) is 20.9 Å². The van der Waals surface area contributed by atoms with Gasteiger partial charge >= 0.3 is 0 Å². The van der Waals surface area contributed by atoms with Crippen LogP contribution in [0.15, 0.2) is 47.5 Å². The molecule has 0 aliphatic rings. The maximum absolute atomic E-state index is 12.4. The Morgan fingerprint density at radius 3 is 2.84 bits per heavy atom. The zero-order valence-corrected chi connectivity index (χ0v) is 14.8. The molecule has 8 heteroatoms. The predicted molar refractivity (Wildman–Crippen MR) is 96.8 cm³/mol. The molecule has 2 heterocycles. The van der Waals surface area contributed by atoms with Gasteiger partial charge in [0.15, 0.2) is 0 Å². The summed E-state index contributed by atoms with van der Waals surface area (Å²) in [5, 5.41) is 8.09. The molecule has 6 nitrogen and oxygen atoms in total. The average molecular weight is 377 g/mol. The molecule has 0 saturated carbocycles. The van der Waals surface area contributed by atoms with Crippen molar-refractivity contribution in [2.45, 2.75) is 19.5 Å². The van der Waals surface area contributed by atoms with Gasteiger partial charge in [0, 0.05) is 6.20 Å². The Hall–Kier alpha value is -2.44. The molecule has 0 radical (unpaired) electrons. The number of nitrogens with zero attached hydrogens (tertiary/aromatic N) is 3. The van der Waals surface area contributed by atoms with Gasteiger partial charge in [-0.05, 0) is 36.8 Å². The summed E-state index contributed by atoms with van der Waals surface area (Å²) in [5.74, 6) is -0.337. The quantitative estimate of drug-likeness (QED) is 0.759. The molecule has 0 fully saturated rings. The molecule has 1 atom stereocenters. The fourth-order valence-corrected chi connectivity index (χ4v) is 2.72. The smallest absolute Gasteiger partial charge is 0.276 e. The van der Waals surface area contributed by atoms with Crippen LogP contribution >= 0.6 is 23.2 Å². The molecule has 0 aliphatic carbocycles. The molecule has 3 aromatic rings. The lowest BCUT2D eigenvalue weighted by molar-refractivity contribution is -0.122. The number of hydrogen-bond acceptors (Lipinski definition) is 4. The summed E-state index contributed by atoms with van der Waals surface area (Å²) in [5.41, 5.74) is 0.946. The van der Waals surface area contributed by atoms with Crippen LogP contribution in [0, 0.1) is 0 Å². The van der Waals surface area contributed by atoms with E-state index in [1.807, 2.05) is 6.92 Å². The van der Waals surface area contributed by atoms with Gasteiger partial charge in [-0.1, -0.05) is 29.3 Å². The van der Waals surface area contributed by atoms with Gasteiger partial charge in [-0.15, -0.1) is 0 Å². The first-order valence-electron chi connectivity index (χ1n) is 7.51. The van der Waals surface area contributed by atoms with E-state index in [0.717, 1.165) is 10.2 Å². The third kappa shape index (κ3) is 3.81. The second kappa shape index (κ2) is 7.21. The highest BCUT2D eigenvalue weighted by Crippen LogP contribution is 2.25. The van der Waals surface area contributed by atoms with E-state index in [1.54, 1.807) is 36.5 Å². The summed E-state index contributed by atoms with van der Waals surface area (Å²) >= 11 is 11.9. The summed E-state index contributed by atoms with van der Waals surface area (Å²) in [4.78, 5) is 28.7. The topological polar surface area (TPSA) is 76.9 Å². The number of amides is 1. The van der Waals surface area contributed by atoms with Crippen molar-refractivity contribution < 1.29 is 4.79 Å². The van der Waals surface area contributed by atoms with Crippen molar-refractivity contribution in [1.29, 1.82) is 0 Å². The molecule has 25 heavy (non-hydrogen) atoms. The zero-order valence-electron chi connectivity index (χ0n) is 13.2. The lowest BCUT2D eigenvalue weighted by Crippen LogP contribution is -2.35. The number of halogens is 2. The molecule has 0 aliphatic heterocycles. The van der Waals surface area contributed by atoms with Crippen molar-refractivity contribution in [3.05, 3.63) is 68.7 Å². The van der Waals surface area contributed by atoms with Crippen molar-refractivity contribution in [1.82, 2.24) is 20.1 Å². The van der Waals surface area contributed by atoms with Gasteiger partial charge in [0.2, 0.25) is 5.91 Å². The van der Waals surface area contributed by atoms with Crippen LogP contribution in [-0.4, -0.2) is 20.7 Å². The van der Waals surface area contributed by atoms with Gasteiger partial charge in [-0.3, -0.25) is 14.6 Å². The summed E-state index contributed by atoms with van der Waals surface area (Å²) in [6.07, 6.45) is 3.05. The van der Waals surface area contributed by atoms with Crippen molar-refractivity contribution in [2.75, 3.05) is 0 Å². The van der Waals surface area contributed by atoms with Gasteiger partial charge in [0.1, 0.15) is 6.54 Å². The standard InChI is InChI=1S/C17H14Cl2N4O2/c1-10(11-4-5-13(18)14(19)7-11)22-16(24)9-23-17(25)12-3-2-6-20-15(12)8-21-23/h2-8,10H,9H2,1H3,(H,22,24)/t10-/m0/s1. The molecule has 128 valence electrons. The molecule has 3 rings (SSSR count). The highest BCUT2D eigenvalue weighted by atomic mass is 35.5. The second-order valence-electron chi connectivity index (χ2n) is 5.51. The third-order valence-electron chi connectivity index (χ3n) is 3.74. The number of nitrogens with one attached hydrogen (secondary N) is 1. The molecule has 1 N–H and O–H groups in total. The van der Waals surface area contributed by atoms with Crippen LogP contribution < -0.4 is 10.9 Å². The van der Waals surface area contributed by atoms with E-state index in [4.69, 9.17) is 23.2 Å². The van der Waals surface area contributed by atoms with Crippen molar-refractivity contribution in [3.63, 3.8) is 0 Å². The van der Waals surface area contributed by atoms with E-state index < -0.39 is 0 Å². The maximum Gasteiger partial charge on any atom is 0.276 e. The van der Waals surface area contributed by atoms with E-state index in [9.17, 15) is 9.59 Å². The first kappa shape index (κ1) is 17.4. The fourth-order valence-electron chi connectivity index (χ4n) is 2.42. The molecular formula is C17H14Cl2N4O2. The lowest BCUT2D eigenvalue weighted by atomic mass is 10.1. The van der Waals surface area contributed by atoms with Gasteiger partial charge in [-0.2, -0.15) is 5.10 Å². The Morgan fingerprint density at radius 2 is 2.08 bits per heavy atom. The minimum absolute atomic E-state index is 0.185. The molecule has 0 spiro atoms. The van der Waals surface area contributed by atoms with Crippen molar-refractivity contribution in [3.8, 4) is 0 Å². The highest BCUT2D eigenvalue weighted by Gasteiger charge is 2.13. The Morgan fingerprint density at radius 1 is 1.28 bits per heavy atom.